The van der Waals surface area contributed by atoms with E-state index in [2.05, 4.69) is 40.3 Å². The molecule has 3 nitrogen and oxygen atoms in total. The molecule has 0 amide bonds. The predicted octanol–water partition coefficient (Wildman–Crippen LogP) is 3.07. The van der Waals surface area contributed by atoms with Gasteiger partial charge in [-0.25, -0.2) is 8.42 Å². The van der Waals surface area contributed by atoms with E-state index in [1.807, 2.05) is 12.1 Å². The van der Waals surface area contributed by atoms with Crippen molar-refractivity contribution in [3.8, 4) is 0 Å². The molecule has 0 saturated heterocycles. The van der Waals surface area contributed by atoms with Crippen LogP contribution in [0.4, 0.5) is 0 Å². The summed E-state index contributed by atoms with van der Waals surface area (Å²) in [5, 5.41) is 3.25. The van der Waals surface area contributed by atoms with Crippen molar-refractivity contribution >= 4 is 25.8 Å². The molecular formula is C14H20BrNO2S. The van der Waals surface area contributed by atoms with Gasteiger partial charge in [0.15, 0.2) is 9.84 Å². The lowest BCUT2D eigenvalue weighted by atomic mass is 10.1. The SMILES string of the molecule is C[C@H](NC1CCCC1S(C)(=O)=O)c1ccc(Br)cc1. The van der Waals surface area contributed by atoms with Crippen LogP contribution < -0.4 is 5.32 Å². The first-order valence-electron chi connectivity index (χ1n) is 6.58. The van der Waals surface area contributed by atoms with Gasteiger partial charge in [0.05, 0.1) is 5.25 Å². The minimum absolute atomic E-state index is 0.0775. The molecule has 0 heterocycles. The predicted molar refractivity (Wildman–Crippen MR) is 82.0 cm³/mol. The molecule has 0 spiro atoms. The Hall–Kier alpha value is -0.390. The van der Waals surface area contributed by atoms with E-state index in [1.54, 1.807) is 0 Å². The van der Waals surface area contributed by atoms with Crippen LogP contribution in [0.3, 0.4) is 0 Å². The van der Waals surface area contributed by atoms with Gasteiger partial charge in [-0.3, -0.25) is 0 Å². The Morgan fingerprint density at radius 2 is 1.89 bits per heavy atom. The summed E-state index contributed by atoms with van der Waals surface area (Å²) in [5.41, 5.74) is 1.18. The lowest BCUT2D eigenvalue weighted by Crippen LogP contribution is -2.41. The van der Waals surface area contributed by atoms with Gasteiger partial charge in [-0.15, -0.1) is 0 Å². The van der Waals surface area contributed by atoms with E-state index in [0.29, 0.717) is 0 Å². The second kappa shape index (κ2) is 5.94. The highest BCUT2D eigenvalue weighted by atomic mass is 79.9. The Morgan fingerprint density at radius 3 is 2.47 bits per heavy atom. The Balaban J connectivity index is 2.06. The molecule has 1 N–H and O–H groups in total. The molecule has 0 bridgehead atoms. The number of rotatable bonds is 4. The van der Waals surface area contributed by atoms with Crippen molar-refractivity contribution in [2.45, 2.75) is 43.5 Å². The van der Waals surface area contributed by atoms with Crippen LogP contribution in [0.2, 0.25) is 0 Å². The maximum absolute atomic E-state index is 11.8. The molecule has 1 aliphatic rings. The second-order valence-electron chi connectivity index (χ2n) is 5.35. The molecule has 0 aromatic heterocycles. The van der Waals surface area contributed by atoms with Crippen molar-refractivity contribution < 1.29 is 8.42 Å². The van der Waals surface area contributed by atoms with Gasteiger partial charge in [-0.05, 0) is 37.5 Å². The summed E-state index contributed by atoms with van der Waals surface area (Å²) >= 11 is 3.42. The molecule has 3 atom stereocenters. The summed E-state index contributed by atoms with van der Waals surface area (Å²) in [6.45, 7) is 2.08. The Bertz CT molecular complexity index is 527. The third kappa shape index (κ3) is 3.80. The zero-order valence-electron chi connectivity index (χ0n) is 11.3. The number of halogens is 1. The van der Waals surface area contributed by atoms with Crippen LogP contribution in [0, 0.1) is 0 Å². The van der Waals surface area contributed by atoms with Gasteiger partial charge in [0, 0.05) is 22.8 Å². The normalized spacial score (nSPS) is 25.4. The topological polar surface area (TPSA) is 46.2 Å². The maximum atomic E-state index is 11.8. The third-order valence-electron chi connectivity index (χ3n) is 3.84. The van der Waals surface area contributed by atoms with Crippen molar-refractivity contribution in [1.82, 2.24) is 5.32 Å². The van der Waals surface area contributed by atoms with Gasteiger partial charge in [0.2, 0.25) is 0 Å². The van der Waals surface area contributed by atoms with Gasteiger partial charge in [-0.2, -0.15) is 0 Å². The van der Waals surface area contributed by atoms with Gasteiger partial charge in [-0.1, -0.05) is 34.5 Å². The molecule has 19 heavy (non-hydrogen) atoms. The summed E-state index contributed by atoms with van der Waals surface area (Å²) in [5.74, 6) is 0. The minimum atomic E-state index is -2.96. The number of hydrogen-bond acceptors (Lipinski definition) is 3. The zero-order chi connectivity index (χ0) is 14.0. The monoisotopic (exact) mass is 345 g/mol. The molecule has 1 saturated carbocycles. The van der Waals surface area contributed by atoms with Crippen LogP contribution in [-0.4, -0.2) is 26.0 Å². The van der Waals surface area contributed by atoms with E-state index in [9.17, 15) is 8.42 Å². The fraction of sp³-hybridized carbons (Fsp3) is 0.571. The molecular weight excluding hydrogens is 326 g/mol. The average molecular weight is 346 g/mol. The van der Waals surface area contributed by atoms with Crippen LogP contribution in [0.15, 0.2) is 28.7 Å². The summed E-state index contributed by atoms with van der Waals surface area (Å²) in [6, 6.07) is 8.39. The van der Waals surface area contributed by atoms with Crippen LogP contribution in [-0.2, 0) is 9.84 Å². The van der Waals surface area contributed by atoms with Crippen molar-refractivity contribution in [2.75, 3.05) is 6.26 Å². The first kappa shape index (κ1) is 15.0. The number of benzene rings is 1. The lowest BCUT2D eigenvalue weighted by Gasteiger charge is -2.24. The van der Waals surface area contributed by atoms with Gasteiger partial charge in [0.25, 0.3) is 0 Å². The number of sulfone groups is 1. The molecule has 1 fully saturated rings. The van der Waals surface area contributed by atoms with Crippen LogP contribution in [0.25, 0.3) is 0 Å². The van der Waals surface area contributed by atoms with E-state index >= 15 is 0 Å². The molecule has 1 aromatic carbocycles. The molecule has 106 valence electrons. The number of hydrogen-bond donors (Lipinski definition) is 1. The Labute approximate surface area is 123 Å². The quantitative estimate of drug-likeness (QED) is 0.911. The molecule has 0 aliphatic heterocycles. The summed E-state index contributed by atoms with van der Waals surface area (Å²) in [7, 11) is -2.96. The maximum Gasteiger partial charge on any atom is 0.151 e. The van der Waals surface area contributed by atoms with E-state index in [1.165, 1.54) is 11.8 Å². The lowest BCUT2D eigenvalue weighted by molar-refractivity contribution is 0.456. The molecule has 1 aromatic rings. The highest BCUT2D eigenvalue weighted by Gasteiger charge is 2.35. The van der Waals surface area contributed by atoms with E-state index in [4.69, 9.17) is 0 Å². The third-order valence-corrected chi connectivity index (χ3v) is 6.03. The fourth-order valence-electron chi connectivity index (χ4n) is 2.80. The smallest absolute Gasteiger partial charge is 0.151 e. The standard InChI is InChI=1S/C14H20BrNO2S/c1-10(11-6-8-12(15)9-7-11)16-13-4-3-5-14(13)19(2,17)18/h6-10,13-14,16H,3-5H2,1-2H3/t10-,13?,14?/m0/s1. The Kier molecular flexibility index (Phi) is 4.69. The average Bonchev–Trinajstić information content (AvgIpc) is 2.77. The van der Waals surface area contributed by atoms with Gasteiger partial charge < -0.3 is 5.32 Å². The first-order valence-corrected chi connectivity index (χ1v) is 9.33. The highest BCUT2D eigenvalue weighted by Crippen LogP contribution is 2.27. The zero-order valence-corrected chi connectivity index (χ0v) is 13.7. The molecule has 2 unspecified atom stereocenters. The van der Waals surface area contributed by atoms with Crippen molar-refractivity contribution in [1.29, 1.82) is 0 Å². The van der Waals surface area contributed by atoms with Crippen molar-refractivity contribution in [3.63, 3.8) is 0 Å². The van der Waals surface area contributed by atoms with E-state index in [-0.39, 0.29) is 17.3 Å². The minimum Gasteiger partial charge on any atom is -0.306 e. The molecule has 2 rings (SSSR count). The summed E-state index contributed by atoms with van der Waals surface area (Å²) in [6.07, 6.45) is 4.06. The molecule has 5 heteroatoms. The summed E-state index contributed by atoms with van der Waals surface area (Å²) in [4.78, 5) is 0. The van der Waals surface area contributed by atoms with Crippen LogP contribution >= 0.6 is 15.9 Å². The first-order chi connectivity index (χ1) is 8.88. The fourth-order valence-corrected chi connectivity index (χ4v) is 4.47. The molecule has 1 aliphatic carbocycles. The van der Waals surface area contributed by atoms with E-state index in [0.717, 1.165) is 23.7 Å². The van der Waals surface area contributed by atoms with Crippen LogP contribution in [0.1, 0.15) is 37.8 Å². The second-order valence-corrected chi connectivity index (χ2v) is 8.53. The largest absolute Gasteiger partial charge is 0.306 e. The van der Waals surface area contributed by atoms with Crippen LogP contribution in [0.5, 0.6) is 0 Å². The van der Waals surface area contributed by atoms with E-state index < -0.39 is 9.84 Å². The summed E-state index contributed by atoms with van der Waals surface area (Å²) < 4.78 is 24.6. The van der Waals surface area contributed by atoms with Gasteiger partial charge in [0.1, 0.15) is 0 Å². The highest BCUT2D eigenvalue weighted by molar-refractivity contribution is 9.10. The number of nitrogens with one attached hydrogen (secondary N) is 1. The molecule has 0 radical (unpaired) electrons. The van der Waals surface area contributed by atoms with Crippen molar-refractivity contribution in [3.05, 3.63) is 34.3 Å². The Morgan fingerprint density at radius 1 is 1.26 bits per heavy atom. The van der Waals surface area contributed by atoms with Crippen molar-refractivity contribution in [2.24, 2.45) is 0 Å². The van der Waals surface area contributed by atoms with Gasteiger partial charge >= 0.3 is 0 Å².